The van der Waals surface area contributed by atoms with Gasteiger partial charge in [0.1, 0.15) is 0 Å². The zero-order valence-electron chi connectivity index (χ0n) is 6.70. The molecule has 0 spiro atoms. The van der Waals surface area contributed by atoms with Crippen molar-refractivity contribution in [3.8, 4) is 5.88 Å². The second-order valence-corrected chi connectivity index (χ2v) is 2.23. The fourth-order valence-electron chi connectivity index (χ4n) is 0.857. The summed E-state index contributed by atoms with van der Waals surface area (Å²) in [5, 5.41) is 14.7. The van der Waals surface area contributed by atoms with Gasteiger partial charge in [0.05, 0.1) is 19.2 Å². The number of hydrogen-bond acceptors (Lipinski definition) is 3. The van der Waals surface area contributed by atoms with Gasteiger partial charge in [-0.1, -0.05) is 0 Å². The summed E-state index contributed by atoms with van der Waals surface area (Å²) in [5.41, 5.74) is 0.573. The van der Waals surface area contributed by atoms with Crippen LogP contribution in [0.15, 0.2) is 6.20 Å². The molecule has 0 unspecified atom stereocenters. The van der Waals surface area contributed by atoms with Crippen molar-refractivity contribution in [2.24, 2.45) is 0 Å². The molecule has 0 aromatic carbocycles. The zero-order chi connectivity index (χ0) is 8.97. The molecule has 0 fully saturated rings. The number of ether oxygens (including phenoxy) is 1. The Morgan fingerprint density at radius 3 is 3.17 bits per heavy atom. The summed E-state index contributed by atoms with van der Waals surface area (Å²) in [6, 6.07) is 0. The Hall–Kier alpha value is -1.52. The SMILES string of the molecule is CCOc1[nH]ncc1CC(=O)O. The number of hydrogen-bond donors (Lipinski definition) is 2. The van der Waals surface area contributed by atoms with Gasteiger partial charge < -0.3 is 9.84 Å². The van der Waals surface area contributed by atoms with E-state index in [0.717, 1.165) is 0 Å². The summed E-state index contributed by atoms with van der Waals surface area (Å²) in [4.78, 5) is 10.3. The molecule has 0 bridgehead atoms. The molecule has 1 aromatic heterocycles. The fourth-order valence-corrected chi connectivity index (χ4v) is 0.857. The molecular weight excluding hydrogens is 160 g/mol. The average molecular weight is 170 g/mol. The van der Waals surface area contributed by atoms with Gasteiger partial charge in [-0.3, -0.25) is 4.79 Å². The highest BCUT2D eigenvalue weighted by molar-refractivity contribution is 5.70. The van der Waals surface area contributed by atoms with E-state index < -0.39 is 5.97 Å². The minimum Gasteiger partial charge on any atom is -0.481 e. The molecular formula is C7H10N2O3. The number of H-pyrrole nitrogens is 1. The first kappa shape index (κ1) is 8.58. The molecule has 0 saturated heterocycles. The van der Waals surface area contributed by atoms with Crippen LogP contribution in [0.3, 0.4) is 0 Å². The Bertz CT molecular complexity index is 269. The van der Waals surface area contributed by atoms with Crippen molar-refractivity contribution in [3.63, 3.8) is 0 Å². The highest BCUT2D eigenvalue weighted by atomic mass is 16.5. The van der Waals surface area contributed by atoms with Crippen LogP contribution in [0.4, 0.5) is 0 Å². The largest absolute Gasteiger partial charge is 0.481 e. The van der Waals surface area contributed by atoms with Crippen LogP contribution in [0.5, 0.6) is 5.88 Å². The van der Waals surface area contributed by atoms with E-state index in [1.54, 1.807) is 0 Å². The number of carbonyl (C=O) groups is 1. The Kier molecular flexibility index (Phi) is 2.68. The number of nitrogens with one attached hydrogen (secondary N) is 1. The van der Waals surface area contributed by atoms with Gasteiger partial charge in [0.25, 0.3) is 0 Å². The Morgan fingerprint density at radius 1 is 1.83 bits per heavy atom. The fraction of sp³-hybridized carbons (Fsp3) is 0.429. The smallest absolute Gasteiger partial charge is 0.308 e. The summed E-state index contributed by atoms with van der Waals surface area (Å²) in [6.07, 6.45) is 1.39. The van der Waals surface area contributed by atoms with Crippen LogP contribution in [0.2, 0.25) is 0 Å². The molecule has 5 heteroatoms. The molecule has 0 atom stereocenters. The summed E-state index contributed by atoms with van der Waals surface area (Å²) in [7, 11) is 0. The van der Waals surface area contributed by atoms with E-state index in [4.69, 9.17) is 9.84 Å². The maximum absolute atomic E-state index is 10.3. The zero-order valence-corrected chi connectivity index (χ0v) is 6.70. The lowest BCUT2D eigenvalue weighted by atomic mass is 10.2. The first-order chi connectivity index (χ1) is 5.74. The Balaban J connectivity index is 2.69. The number of aromatic amines is 1. The second-order valence-electron chi connectivity index (χ2n) is 2.23. The third-order valence-corrected chi connectivity index (χ3v) is 1.31. The van der Waals surface area contributed by atoms with E-state index in [2.05, 4.69) is 10.2 Å². The summed E-state index contributed by atoms with van der Waals surface area (Å²) in [5.74, 6) is -0.447. The van der Waals surface area contributed by atoms with Crippen LogP contribution >= 0.6 is 0 Å². The van der Waals surface area contributed by atoms with Crippen molar-refractivity contribution >= 4 is 5.97 Å². The van der Waals surface area contributed by atoms with E-state index in [1.165, 1.54) is 6.20 Å². The molecule has 2 N–H and O–H groups in total. The van der Waals surface area contributed by atoms with Crippen LogP contribution in [-0.2, 0) is 11.2 Å². The van der Waals surface area contributed by atoms with E-state index in [1.807, 2.05) is 6.92 Å². The molecule has 0 aliphatic heterocycles. The number of aliphatic carboxylic acids is 1. The maximum atomic E-state index is 10.3. The van der Waals surface area contributed by atoms with Crippen LogP contribution in [-0.4, -0.2) is 27.9 Å². The first-order valence-electron chi connectivity index (χ1n) is 3.61. The second kappa shape index (κ2) is 3.75. The van der Waals surface area contributed by atoms with Gasteiger partial charge in [0.2, 0.25) is 5.88 Å². The first-order valence-corrected chi connectivity index (χ1v) is 3.61. The highest BCUT2D eigenvalue weighted by Gasteiger charge is 2.08. The highest BCUT2D eigenvalue weighted by Crippen LogP contribution is 2.13. The van der Waals surface area contributed by atoms with Crippen molar-refractivity contribution in [3.05, 3.63) is 11.8 Å². The van der Waals surface area contributed by atoms with Gasteiger partial charge in [-0.25, -0.2) is 5.10 Å². The minimum absolute atomic E-state index is 0.0637. The Morgan fingerprint density at radius 2 is 2.58 bits per heavy atom. The number of carboxylic acid groups (broad SMARTS) is 1. The van der Waals surface area contributed by atoms with Gasteiger partial charge in [0.15, 0.2) is 0 Å². The molecule has 1 aromatic rings. The minimum atomic E-state index is -0.891. The van der Waals surface area contributed by atoms with Crippen LogP contribution in [0.25, 0.3) is 0 Å². The van der Waals surface area contributed by atoms with Gasteiger partial charge in [-0.2, -0.15) is 5.10 Å². The lowest BCUT2D eigenvalue weighted by molar-refractivity contribution is -0.136. The van der Waals surface area contributed by atoms with Crippen molar-refractivity contribution in [2.45, 2.75) is 13.3 Å². The lowest BCUT2D eigenvalue weighted by Gasteiger charge is -2.00. The predicted octanol–water partition coefficient (Wildman–Crippen LogP) is 0.435. The van der Waals surface area contributed by atoms with E-state index in [9.17, 15) is 4.79 Å². The molecule has 66 valence electrons. The van der Waals surface area contributed by atoms with Crippen LogP contribution < -0.4 is 4.74 Å². The van der Waals surface area contributed by atoms with E-state index in [0.29, 0.717) is 18.1 Å². The number of aromatic nitrogens is 2. The number of nitrogens with zero attached hydrogens (tertiary/aromatic N) is 1. The van der Waals surface area contributed by atoms with E-state index in [-0.39, 0.29) is 6.42 Å². The molecule has 1 heterocycles. The van der Waals surface area contributed by atoms with Crippen molar-refractivity contribution in [1.29, 1.82) is 0 Å². The molecule has 5 nitrogen and oxygen atoms in total. The molecule has 0 amide bonds. The molecule has 0 saturated carbocycles. The van der Waals surface area contributed by atoms with Gasteiger partial charge >= 0.3 is 5.97 Å². The number of carboxylic acids is 1. The number of rotatable bonds is 4. The van der Waals surface area contributed by atoms with Gasteiger partial charge in [-0.15, -0.1) is 0 Å². The van der Waals surface area contributed by atoms with Crippen LogP contribution in [0, 0.1) is 0 Å². The van der Waals surface area contributed by atoms with Crippen molar-refractivity contribution in [2.75, 3.05) is 6.61 Å². The normalized spacial score (nSPS) is 9.75. The third kappa shape index (κ3) is 1.98. The molecule has 0 aliphatic carbocycles. The van der Waals surface area contributed by atoms with Crippen molar-refractivity contribution in [1.82, 2.24) is 10.2 Å². The maximum Gasteiger partial charge on any atom is 0.308 e. The molecule has 0 aliphatic rings. The quantitative estimate of drug-likeness (QED) is 0.687. The molecule has 12 heavy (non-hydrogen) atoms. The van der Waals surface area contributed by atoms with Gasteiger partial charge in [-0.05, 0) is 6.92 Å². The monoisotopic (exact) mass is 170 g/mol. The third-order valence-electron chi connectivity index (χ3n) is 1.31. The topological polar surface area (TPSA) is 75.2 Å². The average Bonchev–Trinajstić information content (AvgIpc) is 2.37. The standard InChI is InChI=1S/C7H10N2O3/c1-2-12-7-5(3-6(10)11)4-8-9-7/h4H,2-3H2,1H3,(H,8,9)(H,10,11). The summed E-state index contributed by atoms with van der Waals surface area (Å²) < 4.78 is 5.10. The predicted molar refractivity (Wildman–Crippen MR) is 41.1 cm³/mol. The van der Waals surface area contributed by atoms with E-state index >= 15 is 0 Å². The van der Waals surface area contributed by atoms with Gasteiger partial charge in [0, 0.05) is 5.56 Å². The Labute approximate surface area is 69.4 Å². The van der Waals surface area contributed by atoms with Crippen molar-refractivity contribution < 1.29 is 14.6 Å². The lowest BCUT2D eigenvalue weighted by Crippen LogP contribution is -2.02. The molecule has 1 rings (SSSR count). The summed E-state index contributed by atoms with van der Waals surface area (Å²) in [6.45, 7) is 2.32. The molecule has 0 radical (unpaired) electrons. The summed E-state index contributed by atoms with van der Waals surface area (Å²) >= 11 is 0. The van der Waals surface area contributed by atoms with Crippen LogP contribution in [0.1, 0.15) is 12.5 Å².